The van der Waals surface area contributed by atoms with Crippen molar-refractivity contribution in [2.75, 3.05) is 19.7 Å². The molecule has 1 aromatic rings. The molecule has 1 fully saturated rings. The number of aliphatic carboxylic acids is 1. The minimum absolute atomic E-state index is 0.0681. The minimum atomic E-state index is -0.913. The van der Waals surface area contributed by atoms with Crippen LogP contribution in [-0.2, 0) is 19.1 Å². The zero-order chi connectivity index (χ0) is 17.5. The lowest BCUT2D eigenvalue weighted by Crippen LogP contribution is -2.43. The number of nitrogens with zero attached hydrogens (tertiary/aromatic N) is 1. The van der Waals surface area contributed by atoms with E-state index in [0.717, 1.165) is 17.7 Å². The number of ether oxygens (including phenoxy) is 1. The van der Waals surface area contributed by atoms with E-state index < -0.39 is 5.97 Å². The normalized spacial score (nSPS) is 18.9. The van der Waals surface area contributed by atoms with E-state index >= 15 is 0 Å². The summed E-state index contributed by atoms with van der Waals surface area (Å²) >= 11 is 1.47. The minimum Gasteiger partial charge on any atom is -0.481 e. The van der Waals surface area contributed by atoms with Crippen molar-refractivity contribution >= 4 is 29.2 Å². The first-order valence-electron chi connectivity index (χ1n) is 8.20. The van der Waals surface area contributed by atoms with Gasteiger partial charge in [-0.15, -0.1) is 11.3 Å². The fraction of sp³-hybridized carbons (Fsp3) is 0.588. The summed E-state index contributed by atoms with van der Waals surface area (Å²) in [4.78, 5) is 38.2. The third kappa shape index (κ3) is 5.06. The highest BCUT2D eigenvalue weighted by atomic mass is 32.1. The third-order valence-corrected chi connectivity index (χ3v) is 5.22. The van der Waals surface area contributed by atoms with Gasteiger partial charge in [-0.3, -0.25) is 14.4 Å². The second-order valence-electron chi connectivity index (χ2n) is 5.95. The van der Waals surface area contributed by atoms with Gasteiger partial charge in [0.1, 0.15) is 0 Å². The van der Waals surface area contributed by atoms with Gasteiger partial charge in [-0.2, -0.15) is 0 Å². The van der Waals surface area contributed by atoms with Gasteiger partial charge in [-0.05, 0) is 31.2 Å². The first kappa shape index (κ1) is 18.4. The number of hydrogen-bond donors (Lipinski definition) is 1. The number of esters is 1. The Kier molecular flexibility index (Phi) is 6.78. The van der Waals surface area contributed by atoms with Crippen molar-refractivity contribution in [1.29, 1.82) is 0 Å². The summed E-state index contributed by atoms with van der Waals surface area (Å²) < 4.78 is 5.05. The Morgan fingerprint density at radius 2 is 2.21 bits per heavy atom. The number of piperidine rings is 1. The molecule has 1 saturated heterocycles. The number of thiophene rings is 1. The lowest BCUT2D eigenvalue weighted by molar-refractivity contribution is -0.151. The Morgan fingerprint density at radius 1 is 1.42 bits per heavy atom. The van der Waals surface area contributed by atoms with Crippen LogP contribution in [0, 0.1) is 5.92 Å². The van der Waals surface area contributed by atoms with Crippen LogP contribution in [0.2, 0.25) is 0 Å². The molecule has 0 saturated carbocycles. The zero-order valence-corrected chi connectivity index (χ0v) is 14.6. The smallest absolute Gasteiger partial charge is 0.310 e. The molecular formula is C17H23NO5S. The van der Waals surface area contributed by atoms with Crippen LogP contribution >= 0.6 is 11.3 Å². The first-order valence-corrected chi connectivity index (χ1v) is 9.08. The van der Waals surface area contributed by atoms with Crippen molar-refractivity contribution < 1.29 is 24.2 Å². The number of carboxylic acid groups (broad SMARTS) is 1. The highest BCUT2D eigenvalue weighted by Gasteiger charge is 2.31. The lowest BCUT2D eigenvalue weighted by Gasteiger charge is -2.32. The SMILES string of the molecule is CCOC(=O)C1CCCN(C(=O)CC(CC(=O)O)c2cccs2)C1. The van der Waals surface area contributed by atoms with Crippen molar-refractivity contribution in [1.82, 2.24) is 4.90 Å². The van der Waals surface area contributed by atoms with Crippen LogP contribution in [0.15, 0.2) is 17.5 Å². The predicted octanol–water partition coefficient (Wildman–Crippen LogP) is 2.50. The maximum absolute atomic E-state index is 12.6. The van der Waals surface area contributed by atoms with Gasteiger partial charge in [0.25, 0.3) is 0 Å². The Hall–Kier alpha value is -1.89. The molecular weight excluding hydrogens is 330 g/mol. The van der Waals surface area contributed by atoms with Crippen LogP contribution in [0.5, 0.6) is 0 Å². The lowest BCUT2D eigenvalue weighted by atomic mass is 9.95. The number of amides is 1. The highest BCUT2D eigenvalue weighted by Crippen LogP contribution is 2.29. The van der Waals surface area contributed by atoms with Crippen LogP contribution < -0.4 is 0 Å². The van der Waals surface area contributed by atoms with Crippen LogP contribution in [0.1, 0.15) is 43.4 Å². The zero-order valence-electron chi connectivity index (χ0n) is 13.8. The molecule has 0 radical (unpaired) electrons. The quantitative estimate of drug-likeness (QED) is 0.762. The number of carbonyl (C=O) groups excluding carboxylic acids is 2. The summed E-state index contributed by atoms with van der Waals surface area (Å²) in [6.45, 7) is 3.07. The number of likely N-dealkylation sites (tertiary alicyclic amines) is 1. The maximum Gasteiger partial charge on any atom is 0.310 e. The first-order chi connectivity index (χ1) is 11.5. The van der Waals surface area contributed by atoms with Gasteiger partial charge in [-0.1, -0.05) is 6.07 Å². The van der Waals surface area contributed by atoms with Crippen LogP contribution in [-0.4, -0.2) is 47.5 Å². The van der Waals surface area contributed by atoms with E-state index in [1.807, 2.05) is 17.5 Å². The van der Waals surface area contributed by atoms with E-state index in [4.69, 9.17) is 9.84 Å². The van der Waals surface area contributed by atoms with E-state index in [1.165, 1.54) is 11.3 Å². The fourth-order valence-electron chi connectivity index (χ4n) is 3.00. The standard InChI is InChI=1S/C17H23NO5S/c1-2-23-17(22)12-5-3-7-18(11-12)15(19)9-13(10-16(20)21)14-6-4-8-24-14/h4,6,8,12-13H,2-3,5,7,9-11H2,1H3,(H,20,21). The van der Waals surface area contributed by atoms with Crippen molar-refractivity contribution in [3.8, 4) is 0 Å². The molecule has 2 unspecified atom stereocenters. The van der Waals surface area contributed by atoms with Gasteiger partial charge in [0.15, 0.2) is 0 Å². The van der Waals surface area contributed by atoms with E-state index in [0.29, 0.717) is 19.7 Å². The molecule has 7 heteroatoms. The van der Waals surface area contributed by atoms with E-state index in [1.54, 1.807) is 11.8 Å². The molecule has 2 heterocycles. The van der Waals surface area contributed by atoms with Crippen molar-refractivity contribution in [2.24, 2.45) is 5.92 Å². The van der Waals surface area contributed by atoms with Gasteiger partial charge >= 0.3 is 11.9 Å². The van der Waals surface area contributed by atoms with Gasteiger partial charge < -0.3 is 14.7 Å². The second kappa shape index (κ2) is 8.82. The molecule has 6 nitrogen and oxygen atoms in total. The number of rotatable bonds is 7. The van der Waals surface area contributed by atoms with E-state index in [-0.39, 0.29) is 36.6 Å². The van der Waals surface area contributed by atoms with E-state index in [2.05, 4.69) is 0 Å². The molecule has 1 N–H and O–H groups in total. The average molecular weight is 353 g/mol. The average Bonchev–Trinajstić information content (AvgIpc) is 3.08. The summed E-state index contributed by atoms with van der Waals surface area (Å²) in [7, 11) is 0. The molecule has 0 aliphatic carbocycles. The fourth-order valence-corrected chi connectivity index (χ4v) is 3.83. The summed E-state index contributed by atoms with van der Waals surface area (Å²) in [5, 5.41) is 11.0. The van der Waals surface area contributed by atoms with Crippen LogP contribution in [0.4, 0.5) is 0 Å². The molecule has 0 spiro atoms. The summed E-state index contributed by atoms with van der Waals surface area (Å²) in [5.74, 6) is -1.86. The molecule has 1 aliphatic rings. The van der Waals surface area contributed by atoms with Crippen molar-refractivity contribution in [2.45, 2.75) is 38.5 Å². The molecule has 2 atom stereocenters. The molecule has 24 heavy (non-hydrogen) atoms. The van der Waals surface area contributed by atoms with E-state index in [9.17, 15) is 14.4 Å². The maximum atomic E-state index is 12.6. The molecule has 132 valence electrons. The molecule has 0 aromatic carbocycles. The summed E-state index contributed by atoms with van der Waals surface area (Å²) in [6.07, 6.45) is 1.58. The van der Waals surface area contributed by atoms with Crippen LogP contribution in [0.25, 0.3) is 0 Å². The van der Waals surface area contributed by atoms with Gasteiger partial charge in [-0.25, -0.2) is 0 Å². The molecule has 0 bridgehead atoms. The molecule has 1 aliphatic heterocycles. The Bertz CT molecular complexity index is 572. The molecule has 1 amide bonds. The summed E-state index contributed by atoms with van der Waals surface area (Å²) in [6, 6.07) is 3.72. The summed E-state index contributed by atoms with van der Waals surface area (Å²) in [5.41, 5.74) is 0. The van der Waals surface area contributed by atoms with Gasteiger partial charge in [0.05, 0.1) is 18.9 Å². The predicted molar refractivity (Wildman–Crippen MR) is 89.9 cm³/mol. The van der Waals surface area contributed by atoms with Crippen molar-refractivity contribution in [3.05, 3.63) is 22.4 Å². The highest BCUT2D eigenvalue weighted by molar-refractivity contribution is 7.10. The Balaban J connectivity index is 1.98. The topological polar surface area (TPSA) is 83.9 Å². The molecule has 1 aromatic heterocycles. The van der Waals surface area contributed by atoms with Crippen LogP contribution in [0.3, 0.4) is 0 Å². The van der Waals surface area contributed by atoms with Crippen molar-refractivity contribution in [3.63, 3.8) is 0 Å². The molecule has 2 rings (SSSR count). The number of carbonyl (C=O) groups is 3. The largest absolute Gasteiger partial charge is 0.481 e. The van der Waals surface area contributed by atoms with Gasteiger partial charge in [0.2, 0.25) is 5.91 Å². The van der Waals surface area contributed by atoms with Gasteiger partial charge in [0, 0.05) is 30.3 Å². The number of hydrogen-bond acceptors (Lipinski definition) is 5. The monoisotopic (exact) mass is 353 g/mol. The number of carboxylic acids is 1. The Labute approximate surface area is 145 Å². The Morgan fingerprint density at radius 3 is 2.83 bits per heavy atom. The second-order valence-corrected chi connectivity index (χ2v) is 6.92. The third-order valence-electron chi connectivity index (χ3n) is 4.18.